The molecule has 0 aliphatic carbocycles. The van der Waals surface area contributed by atoms with Crippen LogP contribution in [0.3, 0.4) is 0 Å². The Labute approximate surface area is 168 Å². The van der Waals surface area contributed by atoms with Crippen molar-refractivity contribution in [2.45, 2.75) is 33.3 Å². The van der Waals surface area contributed by atoms with Crippen LogP contribution in [0, 0.1) is 13.8 Å². The minimum absolute atomic E-state index is 0.215. The summed E-state index contributed by atoms with van der Waals surface area (Å²) in [4.78, 5) is 16.6. The van der Waals surface area contributed by atoms with Crippen LogP contribution in [0.1, 0.15) is 23.9 Å². The van der Waals surface area contributed by atoms with Gasteiger partial charge in [-0.1, -0.05) is 47.1 Å². The number of rotatable bonds is 7. The van der Waals surface area contributed by atoms with Crippen LogP contribution < -0.4 is 10.1 Å². The highest BCUT2D eigenvalue weighted by atomic mass is 35.5. The van der Waals surface area contributed by atoms with Gasteiger partial charge in [-0.15, -0.1) is 0 Å². The number of benzene rings is 2. The van der Waals surface area contributed by atoms with E-state index < -0.39 is 6.10 Å². The van der Waals surface area contributed by atoms with Crippen molar-refractivity contribution in [3.05, 3.63) is 64.5 Å². The third-order valence-corrected chi connectivity index (χ3v) is 4.83. The Hall–Kier alpha value is -2.86. The summed E-state index contributed by atoms with van der Waals surface area (Å²) in [6.07, 6.45) is -0.195. The van der Waals surface area contributed by atoms with Crippen molar-refractivity contribution < 1.29 is 14.1 Å². The van der Waals surface area contributed by atoms with Crippen LogP contribution in [0.15, 0.2) is 47.0 Å². The molecule has 6 nitrogen and oxygen atoms in total. The number of amides is 1. The molecule has 28 heavy (non-hydrogen) atoms. The molecular formula is C21H22ClN3O3. The second kappa shape index (κ2) is 8.89. The fourth-order valence-electron chi connectivity index (χ4n) is 2.73. The molecule has 0 radical (unpaired) electrons. The van der Waals surface area contributed by atoms with Gasteiger partial charge in [0.25, 0.3) is 5.91 Å². The number of hydrogen-bond donors (Lipinski definition) is 1. The first kappa shape index (κ1) is 19.9. The largest absolute Gasteiger partial charge is 0.481 e. The fourth-order valence-corrected chi connectivity index (χ4v) is 2.84. The molecule has 0 saturated carbocycles. The zero-order valence-corrected chi connectivity index (χ0v) is 16.8. The number of nitrogens with zero attached hydrogens (tertiary/aromatic N) is 2. The molecule has 0 fully saturated rings. The van der Waals surface area contributed by atoms with Crippen molar-refractivity contribution in [1.29, 1.82) is 0 Å². The topological polar surface area (TPSA) is 77.2 Å². The van der Waals surface area contributed by atoms with Gasteiger partial charge in [0.15, 0.2) is 6.10 Å². The lowest BCUT2D eigenvalue weighted by molar-refractivity contribution is -0.127. The van der Waals surface area contributed by atoms with E-state index in [1.807, 2.05) is 56.3 Å². The number of aromatic nitrogens is 2. The molecule has 0 aliphatic heterocycles. The summed E-state index contributed by atoms with van der Waals surface area (Å²) in [5.41, 5.74) is 2.71. The minimum Gasteiger partial charge on any atom is -0.481 e. The van der Waals surface area contributed by atoms with Crippen LogP contribution in [0.25, 0.3) is 11.4 Å². The molecule has 1 amide bonds. The SMILES string of the molecule is Cc1cc(OC(C)C(=O)NCCc2nc(-c3ccccc3)no2)cc(C)c1Cl. The summed E-state index contributed by atoms with van der Waals surface area (Å²) in [5, 5.41) is 7.49. The van der Waals surface area contributed by atoms with Crippen LogP contribution in [0.5, 0.6) is 5.75 Å². The molecule has 1 unspecified atom stereocenters. The summed E-state index contributed by atoms with van der Waals surface area (Å²) in [6.45, 7) is 5.89. The van der Waals surface area contributed by atoms with Crippen LogP contribution in [0.4, 0.5) is 0 Å². The average Bonchev–Trinajstić information content (AvgIpc) is 3.15. The molecule has 3 rings (SSSR count). The number of carbonyl (C=O) groups excluding carboxylic acids is 1. The highest BCUT2D eigenvalue weighted by Crippen LogP contribution is 2.26. The molecular weight excluding hydrogens is 378 g/mol. The van der Waals surface area contributed by atoms with E-state index in [1.54, 1.807) is 6.92 Å². The summed E-state index contributed by atoms with van der Waals surface area (Å²) in [6, 6.07) is 13.2. The molecule has 0 bridgehead atoms. The van der Waals surface area contributed by atoms with E-state index in [1.165, 1.54) is 0 Å². The van der Waals surface area contributed by atoms with Crippen LogP contribution >= 0.6 is 11.6 Å². The summed E-state index contributed by atoms with van der Waals surface area (Å²) >= 11 is 6.16. The average molecular weight is 400 g/mol. The van der Waals surface area contributed by atoms with E-state index >= 15 is 0 Å². The van der Waals surface area contributed by atoms with Crippen molar-refractivity contribution in [1.82, 2.24) is 15.5 Å². The summed E-state index contributed by atoms with van der Waals surface area (Å²) in [7, 11) is 0. The molecule has 2 aromatic carbocycles. The second-order valence-electron chi connectivity index (χ2n) is 6.55. The number of aryl methyl sites for hydroxylation is 2. The first-order chi connectivity index (χ1) is 13.4. The maximum absolute atomic E-state index is 12.3. The molecule has 0 saturated heterocycles. The Morgan fingerprint density at radius 3 is 2.57 bits per heavy atom. The molecule has 1 aromatic heterocycles. The summed E-state index contributed by atoms with van der Waals surface area (Å²) < 4.78 is 11.0. The Morgan fingerprint density at radius 2 is 1.89 bits per heavy atom. The van der Waals surface area contributed by atoms with Gasteiger partial charge in [0.2, 0.25) is 11.7 Å². The predicted octanol–water partition coefficient (Wildman–Crippen LogP) is 4.13. The Bertz CT molecular complexity index is 934. The fraction of sp³-hybridized carbons (Fsp3) is 0.286. The number of halogens is 1. The normalized spacial score (nSPS) is 11.9. The van der Waals surface area contributed by atoms with Crippen molar-refractivity contribution in [2.24, 2.45) is 0 Å². The maximum atomic E-state index is 12.3. The van der Waals surface area contributed by atoms with Gasteiger partial charge >= 0.3 is 0 Å². The van der Waals surface area contributed by atoms with Crippen molar-refractivity contribution >= 4 is 17.5 Å². The van der Waals surface area contributed by atoms with Crippen molar-refractivity contribution in [3.63, 3.8) is 0 Å². The van der Waals surface area contributed by atoms with E-state index in [9.17, 15) is 4.79 Å². The molecule has 1 heterocycles. The molecule has 0 spiro atoms. The number of carbonyl (C=O) groups is 1. The van der Waals surface area contributed by atoms with Gasteiger partial charge in [0.1, 0.15) is 5.75 Å². The van der Waals surface area contributed by atoms with Crippen molar-refractivity contribution in [3.8, 4) is 17.1 Å². The lowest BCUT2D eigenvalue weighted by atomic mass is 10.1. The Balaban J connectivity index is 1.50. The lowest BCUT2D eigenvalue weighted by Crippen LogP contribution is -2.37. The molecule has 7 heteroatoms. The van der Waals surface area contributed by atoms with E-state index in [0.29, 0.717) is 35.5 Å². The molecule has 0 aliphatic rings. The minimum atomic E-state index is -0.637. The Morgan fingerprint density at radius 1 is 1.21 bits per heavy atom. The predicted molar refractivity (Wildman–Crippen MR) is 107 cm³/mol. The first-order valence-corrected chi connectivity index (χ1v) is 9.41. The van der Waals surface area contributed by atoms with Gasteiger partial charge in [0.05, 0.1) is 0 Å². The van der Waals surface area contributed by atoms with Crippen molar-refractivity contribution in [2.75, 3.05) is 6.54 Å². The standard InChI is InChI=1S/C21H22ClN3O3/c1-13-11-17(12-14(2)19(13)22)27-15(3)21(26)23-10-9-18-24-20(25-28-18)16-7-5-4-6-8-16/h4-8,11-12,15H,9-10H2,1-3H3,(H,23,26). The van der Waals surface area contributed by atoms with Gasteiger partial charge in [0, 0.05) is 23.6 Å². The zero-order valence-electron chi connectivity index (χ0n) is 16.0. The third-order valence-electron chi connectivity index (χ3n) is 4.23. The van der Waals surface area contributed by atoms with Gasteiger partial charge in [-0.25, -0.2) is 0 Å². The van der Waals surface area contributed by atoms with Crippen LogP contribution in [-0.2, 0) is 11.2 Å². The second-order valence-corrected chi connectivity index (χ2v) is 6.93. The monoisotopic (exact) mass is 399 g/mol. The van der Waals surface area contributed by atoms with Crippen LogP contribution in [0.2, 0.25) is 5.02 Å². The van der Waals surface area contributed by atoms with Gasteiger partial charge in [-0.2, -0.15) is 4.98 Å². The first-order valence-electron chi connectivity index (χ1n) is 9.03. The van der Waals surface area contributed by atoms with Gasteiger partial charge in [-0.3, -0.25) is 4.79 Å². The van der Waals surface area contributed by atoms with E-state index in [-0.39, 0.29) is 5.91 Å². The maximum Gasteiger partial charge on any atom is 0.260 e. The smallest absolute Gasteiger partial charge is 0.260 e. The van der Waals surface area contributed by atoms with E-state index in [4.69, 9.17) is 20.9 Å². The van der Waals surface area contributed by atoms with Gasteiger partial charge in [-0.05, 0) is 44.0 Å². The molecule has 1 N–H and O–H groups in total. The molecule has 1 atom stereocenters. The number of nitrogens with one attached hydrogen (secondary N) is 1. The zero-order chi connectivity index (χ0) is 20.1. The van der Waals surface area contributed by atoms with E-state index in [0.717, 1.165) is 16.7 Å². The van der Waals surface area contributed by atoms with Crippen LogP contribution in [-0.4, -0.2) is 28.7 Å². The van der Waals surface area contributed by atoms with Gasteiger partial charge < -0.3 is 14.6 Å². The Kier molecular flexibility index (Phi) is 6.31. The molecule has 146 valence electrons. The number of hydrogen-bond acceptors (Lipinski definition) is 5. The quantitative estimate of drug-likeness (QED) is 0.646. The van der Waals surface area contributed by atoms with E-state index in [2.05, 4.69) is 15.5 Å². The highest BCUT2D eigenvalue weighted by molar-refractivity contribution is 6.32. The molecule has 3 aromatic rings. The summed E-state index contributed by atoms with van der Waals surface area (Å²) in [5.74, 6) is 1.41. The third kappa shape index (κ3) is 4.89. The number of ether oxygens (including phenoxy) is 1. The lowest BCUT2D eigenvalue weighted by Gasteiger charge is -2.16. The highest BCUT2D eigenvalue weighted by Gasteiger charge is 2.16.